The molecule has 2 N–H and O–H groups in total. The van der Waals surface area contributed by atoms with Crippen LogP contribution in [0, 0.1) is 0 Å². The van der Waals surface area contributed by atoms with E-state index in [1.807, 2.05) is 0 Å². The number of hydrazine groups is 1. The molecule has 0 aromatic heterocycles. The van der Waals surface area contributed by atoms with Gasteiger partial charge in [0, 0.05) is 20.1 Å². The quantitative estimate of drug-likeness (QED) is 0.589. The molecule has 13 heavy (non-hydrogen) atoms. The van der Waals surface area contributed by atoms with E-state index in [0.29, 0.717) is 0 Å². The fraction of sp³-hybridized carbons (Fsp3) is 1.00. The Hall–Kier alpha value is -0.170. The lowest BCUT2D eigenvalue weighted by molar-refractivity contribution is 0.362. The highest BCUT2D eigenvalue weighted by Gasteiger charge is 2.21. The van der Waals surface area contributed by atoms with Crippen molar-refractivity contribution >= 4 is 10.0 Å². The molecule has 1 heterocycles. The Kier molecular flexibility index (Phi) is 3.66. The zero-order valence-electron chi connectivity index (χ0n) is 8.08. The fourth-order valence-electron chi connectivity index (χ4n) is 1.48. The number of nitrogens with one attached hydrogen (secondary N) is 2. The Labute approximate surface area is 79.5 Å². The maximum atomic E-state index is 11.4. The Morgan fingerprint density at radius 2 is 2.23 bits per heavy atom. The molecule has 0 radical (unpaired) electrons. The molecule has 1 fully saturated rings. The standard InChI is InChI=1S/C7H17N3O2S/c1-10(2)9-13(11,12)6-7-4-3-5-8-7/h7-9H,3-6H2,1-2H3. The van der Waals surface area contributed by atoms with E-state index in [-0.39, 0.29) is 11.8 Å². The normalized spacial score (nSPS) is 24.1. The van der Waals surface area contributed by atoms with E-state index >= 15 is 0 Å². The second-order valence-electron chi connectivity index (χ2n) is 3.56. The molecular formula is C7H17N3O2S. The van der Waals surface area contributed by atoms with E-state index < -0.39 is 10.0 Å². The zero-order chi connectivity index (χ0) is 9.90. The number of hydrogen-bond acceptors (Lipinski definition) is 4. The molecule has 0 amide bonds. The minimum Gasteiger partial charge on any atom is -0.313 e. The van der Waals surface area contributed by atoms with Gasteiger partial charge in [-0.2, -0.15) is 0 Å². The third-order valence-corrected chi connectivity index (χ3v) is 3.39. The van der Waals surface area contributed by atoms with Crippen LogP contribution < -0.4 is 10.1 Å². The van der Waals surface area contributed by atoms with Crippen LogP contribution in [0.2, 0.25) is 0 Å². The Balaban J connectivity index is 2.41. The van der Waals surface area contributed by atoms with Gasteiger partial charge in [-0.15, -0.1) is 4.83 Å². The van der Waals surface area contributed by atoms with Gasteiger partial charge in [0.2, 0.25) is 10.0 Å². The van der Waals surface area contributed by atoms with Gasteiger partial charge in [0.25, 0.3) is 0 Å². The molecule has 1 rings (SSSR count). The van der Waals surface area contributed by atoms with E-state index in [0.717, 1.165) is 19.4 Å². The second-order valence-corrected chi connectivity index (χ2v) is 5.31. The molecular weight excluding hydrogens is 190 g/mol. The van der Waals surface area contributed by atoms with Gasteiger partial charge in [-0.1, -0.05) is 0 Å². The molecule has 0 bridgehead atoms. The summed E-state index contributed by atoms with van der Waals surface area (Å²) in [5.41, 5.74) is 0. The molecule has 1 atom stereocenters. The summed E-state index contributed by atoms with van der Waals surface area (Å²) in [6.45, 7) is 0.933. The molecule has 0 spiro atoms. The monoisotopic (exact) mass is 207 g/mol. The van der Waals surface area contributed by atoms with Gasteiger partial charge < -0.3 is 5.32 Å². The van der Waals surface area contributed by atoms with Crippen molar-refractivity contribution in [3.05, 3.63) is 0 Å². The van der Waals surface area contributed by atoms with Crippen LogP contribution in [0.1, 0.15) is 12.8 Å². The topological polar surface area (TPSA) is 61.4 Å². The molecule has 1 unspecified atom stereocenters. The van der Waals surface area contributed by atoms with Crippen molar-refractivity contribution in [2.24, 2.45) is 0 Å². The van der Waals surface area contributed by atoms with Gasteiger partial charge in [0.05, 0.1) is 5.75 Å². The van der Waals surface area contributed by atoms with Crippen molar-refractivity contribution in [2.75, 3.05) is 26.4 Å². The molecule has 0 aromatic rings. The van der Waals surface area contributed by atoms with Crippen molar-refractivity contribution < 1.29 is 8.42 Å². The third-order valence-electron chi connectivity index (χ3n) is 1.90. The molecule has 0 aromatic carbocycles. The van der Waals surface area contributed by atoms with Gasteiger partial charge in [0.1, 0.15) is 0 Å². The SMILES string of the molecule is CN(C)NS(=O)(=O)CC1CCCN1. The Morgan fingerprint density at radius 1 is 1.54 bits per heavy atom. The molecule has 0 aliphatic carbocycles. The largest absolute Gasteiger partial charge is 0.313 e. The van der Waals surface area contributed by atoms with E-state index in [1.165, 1.54) is 5.01 Å². The summed E-state index contributed by atoms with van der Waals surface area (Å²) in [6.07, 6.45) is 2.02. The van der Waals surface area contributed by atoms with Crippen LogP contribution in [0.4, 0.5) is 0 Å². The van der Waals surface area contributed by atoms with Gasteiger partial charge >= 0.3 is 0 Å². The zero-order valence-corrected chi connectivity index (χ0v) is 8.89. The summed E-state index contributed by atoms with van der Waals surface area (Å²) in [5, 5.41) is 4.60. The highest BCUT2D eigenvalue weighted by atomic mass is 32.2. The molecule has 1 saturated heterocycles. The third kappa shape index (κ3) is 4.04. The lowest BCUT2D eigenvalue weighted by atomic mass is 10.3. The van der Waals surface area contributed by atoms with Crippen molar-refractivity contribution in [3.8, 4) is 0 Å². The summed E-state index contributed by atoms with van der Waals surface area (Å²) in [5.74, 6) is 0.172. The van der Waals surface area contributed by atoms with E-state index in [4.69, 9.17) is 0 Å². The molecule has 1 aliphatic rings. The fourth-order valence-corrected chi connectivity index (χ4v) is 2.92. The first-order valence-electron chi connectivity index (χ1n) is 4.40. The molecule has 1 aliphatic heterocycles. The maximum absolute atomic E-state index is 11.4. The van der Waals surface area contributed by atoms with Crippen LogP contribution in [0.15, 0.2) is 0 Å². The summed E-state index contributed by atoms with van der Waals surface area (Å²) in [6, 6.07) is 0.123. The first kappa shape index (κ1) is 10.9. The minimum absolute atomic E-state index is 0.123. The van der Waals surface area contributed by atoms with Crippen LogP contribution in [0.3, 0.4) is 0 Å². The first-order valence-corrected chi connectivity index (χ1v) is 6.06. The summed E-state index contributed by atoms with van der Waals surface area (Å²) in [7, 11) is 0.182. The molecule has 78 valence electrons. The van der Waals surface area contributed by atoms with Crippen molar-refractivity contribution in [2.45, 2.75) is 18.9 Å². The van der Waals surface area contributed by atoms with Crippen molar-refractivity contribution in [1.29, 1.82) is 0 Å². The highest BCUT2D eigenvalue weighted by molar-refractivity contribution is 7.89. The van der Waals surface area contributed by atoms with Crippen LogP contribution in [0.5, 0.6) is 0 Å². The van der Waals surface area contributed by atoms with Gasteiger partial charge in [-0.3, -0.25) is 0 Å². The summed E-state index contributed by atoms with van der Waals surface area (Å²) in [4.78, 5) is 2.41. The lowest BCUT2D eigenvalue weighted by Gasteiger charge is -2.15. The average molecular weight is 207 g/mol. The van der Waals surface area contributed by atoms with Gasteiger partial charge in [0.15, 0.2) is 0 Å². The highest BCUT2D eigenvalue weighted by Crippen LogP contribution is 2.06. The Bertz CT molecular complexity index is 244. The molecule has 0 saturated carbocycles. The molecule has 6 heteroatoms. The number of hydrogen-bond donors (Lipinski definition) is 2. The lowest BCUT2D eigenvalue weighted by Crippen LogP contribution is -2.42. The van der Waals surface area contributed by atoms with Crippen molar-refractivity contribution in [3.63, 3.8) is 0 Å². The predicted molar refractivity (Wildman–Crippen MR) is 51.6 cm³/mol. The van der Waals surface area contributed by atoms with E-state index in [2.05, 4.69) is 10.1 Å². The maximum Gasteiger partial charge on any atom is 0.225 e. The van der Waals surface area contributed by atoms with Crippen molar-refractivity contribution in [1.82, 2.24) is 15.2 Å². The smallest absolute Gasteiger partial charge is 0.225 e. The number of sulfonamides is 1. The number of nitrogens with zero attached hydrogens (tertiary/aromatic N) is 1. The number of rotatable bonds is 4. The van der Waals surface area contributed by atoms with E-state index in [1.54, 1.807) is 14.1 Å². The van der Waals surface area contributed by atoms with Crippen LogP contribution in [0.25, 0.3) is 0 Å². The minimum atomic E-state index is -3.15. The summed E-state index contributed by atoms with van der Waals surface area (Å²) < 4.78 is 22.8. The second kappa shape index (κ2) is 4.36. The van der Waals surface area contributed by atoms with E-state index in [9.17, 15) is 8.42 Å². The summed E-state index contributed by atoms with van der Waals surface area (Å²) >= 11 is 0. The predicted octanol–water partition coefficient (Wildman–Crippen LogP) is -0.866. The Morgan fingerprint density at radius 3 is 2.69 bits per heavy atom. The molecule has 5 nitrogen and oxygen atoms in total. The van der Waals surface area contributed by atoms with Crippen LogP contribution in [-0.2, 0) is 10.0 Å². The van der Waals surface area contributed by atoms with Gasteiger partial charge in [-0.25, -0.2) is 13.4 Å². The average Bonchev–Trinajstić information content (AvgIpc) is 2.34. The van der Waals surface area contributed by atoms with Crippen LogP contribution >= 0.6 is 0 Å². The first-order chi connectivity index (χ1) is 5.99. The van der Waals surface area contributed by atoms with Gasteiger partial charge in [-0.05, 0) is 19.4 Å². The van der Waals surface area contributed by atoms with Crippen LogP contribution in [-0.4, -0.2) is 45.9 Å².